The van der Waals surface area contributed by atoms with E-state index in [9.17, 15) is 9.18 Å². The highest BCUT2D eigenvalue weighted by Crippen LogP contribution is 2.29. The summed E-state index contributed by atoms with van der Waals surface area (Å²) >= 11 is 0. The normalized spacial score (nSPS) is 17.7. The van der Waals surface area contributed by atoms with Gasteiger partial charge in [-0.15, -0.1) is 0 Å². The third-order valence-electron chi connectivity index (χ3n) is 4.24. The molecule has 0 spiro atoms. The average molecular weight is 287 g/mol. The van der Waals surface area contributed by atoms with Gasteiger partial charge in [-0.2, -0.15) is 0 Å². The van der Waals surface area contributed by atoms with Gasteiger partial charge in [-0.3, -0.25) is 4.79 Å². The zero-order valence-electron chi connectivity index (χ0n) is 12.1. The minimum Gasteiger partial charge on any atom is -0.396 e. The van der Waals surface area contributed by atoms with Gasteiger partial charge in [0.05, 0.1) is 17.3 Å². The van der Waals surface area contributed by atoms with E-state index < -0.39 is 5.82 Å². The van der Waals surface area contributed by atoms with Gasteiger partial charge >= 0.3 is 0 Å². The number of fused-ring (bicyclic) bond motifs is 1. The van der Waals surface area contributed by atoms with Crippen LogP contribution in [-0.4, -0.2) is 21.9 Å². The van der Waals surface area contributed by atoms with E-state index in [4.69, 9.17) is 5.73 Å². The molecule has 1 aliphatic rings. The maximum absolute atomic E-state index is 13.5. The van der Waals surface area contributed by atoms with Gasteiger partial charge in [0.15, 0.2) is 0 Å². The predicted molar refractivity (Wildman–Crippen MR) is 79.4 cm³/mol. The molecule has 0 saturated heterocycles. The smallest absolute Gasteiger partial charge is 0.256 e. The fraction of sp³-hybridized carbons (Fsp3) is 0.312. The van der Waals surface area contributed by atoms with Gasteiger partial charge in [-0.25, -0.2) is 4.39 Å². The van der Waals surface area contributed by atoms with Crippen molar-refractivity contribution in [1.29, 1.82) is 0 Å². The van der Waals surface area contributed by atoms with Crippen molar-refractivity contribution in [2.45, 2.75) is 26.4 Å². The summed E-state index contributed by atoms with van der Waals surface area (Å²) in [5.74, 6) is -0.769. The number of carbonyl (C=O) groups is 1. The lowest BCUT2D eigenvalue weighted by Gasteiger charge is -2.35. The van der Waals surface area contributed by atoms with Crippen LogP contribution in [0.4, 0.5) is 10.1 Å². The topological polar surface area (TPSA) is 51.3 Å². The number of aromatic nitrogens is 1. The minimum atomic E-state index is -0.551. The van der Waals surface area contributed by atoms with Crippen LogP contribution < -0.4 is 5.73 Å². The molecule has 5 heteroatoms. The zero-order valence-corrected chi connectivity index (χ0v) is 12.1. The van der Waals surface area contributed by atoms with Gasteiger partial charge in [0.2, 0.25) is 0 Å². The Kier molecular flexibility index (Phi) is 3.20. The highest BCUT2D eigenvalue weighted by atomic mass is 19.1. The molecule has 1 amide bonds. The molecule has 2 aromatic rings. The molecular weight excluding hydrogens is 269 g/mol. The minimum absolute atomic E-state index is 0.0531. The van der Waals surface area contributed by atoms with Crippen molar-refractivity contribution in [2.24, 2.45) is 0 Å². The third kappa shape index (κ3) is 2.09. The van der Waals surface area contributed by atoms with Crippen molar-refractivity contribution in [3.8, 4) is 0 Å². The second kappa shape index (κ2) is 4.91. The predicted octanol–water partition coefficient (Wildman–Crippen LogP) is 2.73. The number of amides is 1. The molecule has 0 bridgehead atoms. The Labute approximate surface area is 123 Å². The number of aryl methyl sites for hydroxylation is 1. The highest BCUT2D eigenvalue weighted by molar-refractivity contribution is 5.99. The second-order valence-electron chi connectivity index (χ2n) is 5.43. The van der Waals surface area contributed by atoms with E-state index in [2.05, 4.69) is 17.6 Å². The van der Waals surface area contributed by atoms with E-state index in [0.717, 1.165) is 12.2 Å². The van der Waals surface area contributed by atoms with Crippen LogP contribution in [0, 0.1) is 12.7 Å². The number of benzene rings is 1. The molecule has 0 saturated carbocycles. The molecule has 2 N–H and O–H groups in total. The van der Waals surface area contributed by atoms with Crippen LogP contribution in [0.25, 0.3) is 0 Å². The van der Waals surface area contributed by atoms with E-state index >= 15 is 0 Å². The second-order valence-corrected chi connectivity index (χ2v) is 5.43. The van der Waals surface area contributed by atoms with E-state index in [1.807, 2.05) is 13.0 Å². The molecular formula is C16H18FN3O. The van der Waals surface area contributed by atoms with Gasteiger partial charge in [-0.05, 0) is 38.1 Å². The van der Waals surface area contributed by atoms with Crippen LogP contribution in [0.5, 0.6) is 0 Å². The number of nitrogen functional groups attached to an aromatic ring is 1. The number of para-hydroxylation sites is 1. The lowest BCUT2D eigenvalue weighted by Crippen LogP contribution is -2.41. The van der Waals surface area contributed by atoms with Crippen molar-refractivity contribution in [3.63, 3.8) is 0 Å². The molecule has 0 fully saturated rings. The van der Waals surface area contributed by atoms with Crippen LogP contribution in [-0.2, 0) is 6.54 Å². The summed E-state index contributed by atoms with van der Waals surface area (Å²) in [5.41, 5.74) is 8.15. The molecule has 110 valence electrons. The summed E-state index contributed by atoms with van der Waals surface area (Å²) in [4.78, 5) is 14.4. The number of rotatable bonds is 1. The van der Waals surface area contributed by atoms with Gasteiger partial charge in [0.1, 0.15) is 5.82 Å². The third-order valence-corrected chi connectivity index (χ3v) is 4.24. The Hall–Kier alpha value is -2.30. The Morgan fingerprint density at radius 1 is 1.29 bits per heavy atom. The van der Waals surface area contributed by atoms with E-state index in [0.29, 0.717) is 6.54 Å². The number of hydrogen-bond donors (Lipinski definition) is 1. The lowest BCUT2D eigenvalue weighted by molar-refractivity contribution is 0.0643. The van der Waals surface area contributed by atoms with Crippen LogP contribution in [0.3, 0.4) is 0 Å². The van der Waals surface area contributed by atoms with E-state index in [-0.39, 0.29) is 23.2 Å². The molecule has 2 heterocycles. The Balaban J connectivity index is 1.95. The van der Waals surface area contributed by atoms with Crippen molar-refractivity contribution < 1.29 is 9.18 Å². The van der Waals surface area contributed by atoms with Gasteiger partial charge in [-0.1, -0.05) is 6.07 Å². The summed E-state index contributed by atoms with van der Waals surface area (Å²) in [6.45, 7) is 5.38. The van der Waals surface area contributed by atoms with Crippen molar-refractivity contribution in [1.82, 2.24) is 9.47 Å². The fourth-order valence-electron chi connectivity index (χ4n) is 2.98. The average Bonchev–Trinajstić information content (AvgIpc) is 2.84. The molecule has 1 aliphatic heterocycles. The van der Waals surface area contributed by atoms with Crippen molar-refractivity contribution >= 4 is 11.6 Å². The quantitative estimate of drug-likeness (QED) is 0.820. The van der Waals surface area contributed by atoms with Crippen LogP contribution >= 0.6 is 0 Å². The van der Waals surface area contributed by atoms with Crippen LogP contribution in [0.1, 0.15) is 34.7 Å². The molecule has 0 aliphatic carbocycles. The summed E-state index contributed by atoms with van der Waals surface area (Å²) in [7, 11) is 0. The van der Waals surface area contributed by atoms with E-state index in [1.54, 1.807) is 11.0 Å². The van der Waals surface area contributed by atoms with Gasteiger partial charge in [0, 0.05) is 24.5 Å². The molecule has 4 nitrogen and oxygen atoms in total. The Bertz CT molecular complexity index is 708. The number of nitrogens with zero attached hydrogens (tertiary/aromatic N) is 2. The molecule has 1 aromatic carbocycles. The first kappa shape index (κ1) is 13.7. The number of nitrogens with two attached hydrogens (primary N) is 1. The first-order valence-corrected chi connectivity index (χ1v) is 7.01. The first-order chi connectivity index (χ1) is 10.0. The molecule has 1 aromatic heterocycles. The van der Waals surface area contributed by atoms with Gasteiger partial charge in [0.25, 0.3) is 5.91 Å². The molecule has 21 heavy (non-hydrogen) atoms. The van der Waals surface area contributed by atoms with E-state index in [1.165, 1.54) is 17.8 Å². The van der Waals surface area contributed by atoms with Crippen LogP contribution in [0.2, 0.25) is 0 Å². The molecule has 1 atom stereocenters. The summed E-state index contributed by atoms with van der Waals surface area (Å²) in [5, 5.41) is 0. The summed E-state index contributed by atoms with van der Waals surface area (Å²) in [6, 6.07) is 8.39. The number of anilines is 1. The summed E-state index contributed by atoms with van der Waals surface area (Å²) in [6.07, 6.45) is 0. The van der Waals surface area contributed by atoms with Gasteiger partial charge < -0.3 is 15.2 Å². The maximum Gasteiger partial charge on any atom is 0.256 e. The largest absolute Gasteiger partial charge is 0.396 e. The summed E-state index contributed by atoms with van der Waals surface area (Å²) < 4.78 is 15.8. The monoisotopic (exact) mass is 287 g/mol. The molecule has 3 rings (SSSR count). The highest BCUT2D eigenvalue weighted by Gasteiger charge is 2.30. The SMILES string of the molecule is Cc1ccc2n1CCN(C(=O)c1cccc(F)c1N)C2C. The molecule has 0 radical (unpaired) electrons. The first-order valence-electron chi connectivity index (χ1n) is 7.01. The Morgan fingerprint density at radius 3 is 2.81 bits per heavy atom. The fourth-order valence-corrected chi connectivity index (χ4v) is 2.98. The van der Waals surface area contributed by atoms with Crippen LogP contribution in [0.15, 0.2) is 30.3 Å². The standard InChI is InChI=1S/C16H18FN3O/c1-10-6-7-14-11(2)20(9-8-19(10)14)16(21)12-4-3-5-13(17)15(12)18/h3-7,11H,8-9,18H2,1-2H3. The van der Waals surface area contributed by atoms with Crippen molar-refractivity contribution in [2.75, 3.05) is 12.3 Å². The zero-order chi connectivity index (χ0) is 15.1. The van der Waals surface area contributed by atoms with Crippen molar-refractivity contribution in [3.05, 3.63) is 53.1 Å². The lowest BCUT2D eigenvalue weighted by atomic mass is 10.1. The number of carbonyl (C=O) groups excluding carboxylic acids is 1. The Morgan fingerprint density at radius 2 is 2.05 bits per heavy atom. The maximum atomic E-state index is 13.5. The number of halogens is 1. The number of hydrogen-bond acceptors (Lipinski definition) is 2. The molecule has 1 unspecified atom stereocenters.